The smallest absolute Gasteiger partial charge is 0.408 e. The first kappa shape index (κ1) is 25.6. The van der Waals surface area contributed by atoms with E-state index in [0.717, 1.165) is 31.2 Å². The van der Waals surface area contributed by atoms with Crippen LogP contribution in [0.4, 0.5) is 4.79 Å². The van der Waals surface area contributed by atoms with Gasteiger partial charge in [0.1, 0.15) is 5.60 Å². The van der Waals surface area contributed by atoms with Crippen molar-refractivity contribution in [1.29, 1.82) is 0 Å². The molecule has 0 saturated carbocycles. The van der Waals surface area contributed by atoms with Crippen molar-refractivity contribution >= 4 is 6.09 Å². The summed E-state index contributed by atoms with van der Waals surface area (Å²) in [5, 5.41) is 14.3. The molecule has 0 aromatic heterocycles. The van der Waals surface area contributed by atoms with Crippen LogP contribution in [0.1, 0.15) is 78.7 Å². The molecule has 2 N–H and O–H groups in total. The van der Waals surface area contributed by atoms with Crippen LogP contribution in [0.15, 0.2) is 30.3 Å². The summed E-state index contributed by atoms with van der Waals surface area (Å²) in [6, 6.07) is 8.98. The van der Waals surface area contributed by atoms with Gasteiger partial charge in [-0.05, 0) is 45.6 Å². The van der Waals surface area contributed by atoms with Crippen LogP contribution in [0.25, 0.3) is 0 Å². The minimum atomic E-state index is -1.66. The van der Waals surface area contributed by atoms with E-state index >= 15 is 0 Å². The molecule has 0 aliphatic carbocycles. The molecule has 1 rings (SSSR count). The number of hydrogen-bond donors (Lipinski definition) is 2. The van der Waals surface area contributed by atoms with Gasteiger partial charge in [0.2, 0.25) is 5.60 Å². The van der Waals surface area contributed by atoms with Gasteiger partial charge in [0.25, 0.3) is 0 Å². The highest BCUT2D eigenvalue weighted by Gasteiger charge is 2.36. The Balaban J connectivity index is 3.23. The number of amides is 1. The van der Waals surface area contributed by atoms with E-state index in [1.807, 2.05) is 30.3 Å². The molecule has 0 aliphatic heterocycles. The lowest BCUT2D eigenvalue weighted by Crippen LogP contribution is -2.53. The Labute approximate surface area is 182 Å². The standard InChI is InChI=1S/C26H37NO3/c1-6-8-10-15-19-26(29,20-16-11-9-7-2)23(21-22-17-13-12-14-18-22)27-24(28)30-25(3,4)5/h12-14,17-18,23,29H,6-11,21H2,1-5H3,(H,27,28). The van der Waals surface area contributed by atoms with E-state index in [-0.39, 0.29) is 0 Å². The number of alkyl carbamates (subject to hydrolysis) is 1. The first-order valence-corrected chi connectivity index (χ1v) is 11.0. The molecular formula is C26H37NO3. The number of nitrogens with one attached hydrogen (secondary N) is 1. The number of benzene rings is 1. The van der Waals surface area contributed by atoms with Crippen molar-refractivity contribution < 1.29 is 14.6 Å². The van der Waals surface area contributed by atoms with Gasteiger partial charge in [0.15, 0.2) is 0 Å². The van der Waals surface area contributed by atoms with Gasteiger partial charge in [-0.15, -0.1) is 0 Å². The Bertz CT molecular complexity index is 731. The monoisotopic (exact) mass is 411 g/mol. The third-order valence-electron chi connectivity index (χ3n) is 4.35. The van der Waals surface area contributed by atoms with Crippen LogP contribution in [-0.4, -0.2) is 28.4 Å². The maximum absolute atomic E-state index is 12.5. The molecule has 0 aliphatic rings. The lowest BCUT2D eigenvalue weighted by molar-refractivity contribution is 0.0403. The Morgan fingerprint density at radius 1 is 1.03 bits per heavy atom. The number of unbranched alkanes of at least 4 members (excludes halogenated alkanes) is 4. The fourth-order valence-electron chi connectivity index (χ4n) is 2.73. The van der Waals surface area contributed by atoms with Gasteiger partial charge in [-0.25, -0.2) is 4.79 Å². The van der Waals surface area contributed by atoms with Crippen molar-refractivity contribution in [3.8, 4) is 23.7 Å². The van der Waals surface area contributed by atoms with E-state index in [2.05, 4.69) is 42.8 Å². The number of carbonyl (C=O) groups is 1. The van der Waals surface area contributed by atoms with Crippen LogP contribution >= 0.6 is 0 Å². The zero-order valence-corrected chi connectivity index (χ0v) is 19.2. The van der Waals surface area contributed by atoms with Gasteiger partial charge in [-0.2, -0.15) is 0 Å². The Morgan fingerprint density at radius 3 is 2.03 bits per heavy atom. The van der Waals surface area contributed by atoms with Gasteiger partial charge in [0, 0.05) is 12.8 Å². The number of aliphatic hydroxyl groups is 1. The summed E-state index contributed by atoms with van der Waals surface area (Å²) in [7, 11) is 0. The van der Waals surface area contributed by atoms with Gasteiger partial charge in [-0.1, -0.05) is 80.7 Å². The summed E-state index contributed by atoms with van der Waals surface area (Å²) < 4.78 is 5.43. The van der Waals surface area contributed by atoms with Crippen molar-refractivity contribution in [2.75, 3.05) is 0 Å². The molecule has 4 heteroatoms. The molecule has 164 valence electrons. The Hall–Kier alpha value is -2.43. The number of rotatable bonds is 8. The number of carbonyl (C=O) groups excluding carboxylic acids is 1. The topological polar surface area (TPSA) is 58.6 Å². The summed E-state index contributed by atoms with van der Waals surface area (Å²) >= 11 is 0. The molecule has 1 atom stereocenters. The van der Waals surface area contributed by atoms with Crippen molar-refractivity contribution in [2.24, 2.45) is 0 Å². The molecule has 4 nitrogen and oxygen atoms in total. The molecular weight excluding hydrogens is 374 g/mol. The molecule has 1 amide bonds. The van der Waals surface area contributed by atoms with E-state index < -0.39 is 23.3 Å². The maximum atomic E-state index is 12.5. The fraction of sp³-hybridized carbons (Fsp3) is 0.577. The van der Waals surface area contributed by atoms with Crippen molar-refractivity contribution in [1.82, 2.24) is 5.32 Å². The predicted octanol–water partition coefficient (Wildman–Crippen LogP) is 5.24. The zero-order valence-electron chi connectivity index (χ0n) is 19.2. The maximum Gasteiger partial charge on any atom is 0.408 e. The van der Waals surface area contributed by atoms with Gasteiger partial charge < -0.3 is 15.2 Å². The summed E-state index contributed by atoms with van der Waals surface area (Å²) in [6.07, 6.45) is 5.12. The molecule has 1 aromatic rings. The van der Waals surface area contributed by atoms with Crippen LogP contribution < -0.4 is 5.32 Å². The van der Waals surface area contributed by atoms with E-state index in [9.17, 15) is 9.90 Å². The molecule has 0 fully saturated rings. The first-order valence-electron chi connectivity index (χ1n) is 11.0. The molecule has 0 radical (unpaired) electrons. The quantitative estimate of drug-likeness (QED) is 0.454. The van der Waals surface area contributed by atoms with E-state index in [0.29, 0.717) is 19.3 Å². The van der Waals surface area contributed by atoms with Gasteiger partial charge >= 0.3 is 6.09 Å². The fourth-order valence-corrected chi connectivity index (χ4v) is 2.73. The second-order valence-corrected chi connectivity index (χ2v) is 8.47. The summed E-state index contributed by atoms with van der Waals surface area (Å²) in [5.41, 5.74) is -1.32. The van der Waals surface area contributed by atoms with Crippen molar-refractivity contribution in [3.63, 3.8) is 0 Å². The zero-order chi connectivity index (χ0) is 22.5. The van der Waals surface area contributed by atoms with Gasteiger partial charge in [0.05, 0.1) is 6.04 Å². The minimum absolute atomic E-state index is 0.390. The highest BCUT2D eigenvalue weighted by molar-refractivity contribution is 5.69. The molecule has 30 heavy (non-hydrogen) atoms. The minimum Gasteiger partial charge on any atom is -0.444 e. The summed E-state index contributed by atoms with van der Waals surface area (Å²) in [5.74, 6) is 12.0. The second kappa shape index (κ2) is 13.0. The average molecular weight is 412 g/mol. The number of hydrogen-bond acceptors (Lipinski definition) is 3. The summed E-state index contributed by atoms with van der Waals surface area (Å²) in [6.45, 7) is 9.61. The average Bonchev–Trinajstić information content (AvgIpc) is 2.67. The molecule has 1 aromatic carbocycles. The third kappa shape index (κ3) is 10.4. The van der Waals surface area contributed by atoms with E-state index in [1.54, 1.807) is 20.8 Å². The molecule has 1 unspecified atom stereocenters. The SMILES string of the molecule is CCCCC#CC(O)(C#CCCCC)C(Cc1ccccc1)NC(=O)OC(C)(C)C. The highest BCUT2D eigenvalue weighted by atomic mass is 16.6. The normalized spacial score (nSPS) is 12.1. The lowest BCUT2D eigenvalue weighted by atomic mass is 9.89. The molecule has 0 spiro atoms. The lowest BCUT2D eigenvalue weighted by Gasteiger charge is -2.30. The van der Waals surface area contributed by atoms with Crippen molar-refractivity contribution in [3.05, 3.63) is 35.9 Å². The van der Waals surface area contributed by atoms with Crippen LogP contribution in [0.5, 0.6) is 0 Å². The Kier molecular flexibility index (Phi) is 11.1. The van der Waals surface area contributed by atoms with E-state index in [4.69, 9.17) is 4.74 Å². The largest absolute Gasteiger partial charge is 0.444 e. The van der Waals surface area contributed by atoms with Crippen LogP contribution in [0.3, 0.4) is 0 Å². The molecule has 0 bridgehead atoms. The molecule has 0 heterocycles. The Morgan fingerprint density at radius 2 is 1.57 bits per heavy atom. The van der Waals surface area contributed by atoms with Crippen LogP contribution in [-0.2, 0) is 11.2 Å². The van der Waals surface area contributed by atoms with Crippen molar-refractivity contribution in [2.45, 2.75) is 96.8 Å². The van der Waals surface area contributed by atoms with Crippen LogP contribution in [0.2, 0.25) is 0 Å². The predicted molar refractivity (Wildman–Crippen MR) is 123 cm³/mol. The highest BCUT2D eigenvalue weighted by Crippen LogP contribution is 2.17. The van der Waals surface area contributed by atoms with E-state index in [1.165, 1.54) is 0 Å². The van der Waals surface area contributed by atoms with Gasteiger partial charge in [-0.3, -0.25) is 0 Å². The third-order valence-corrected chi connectivity index (χ3v) is 4.35. The number of ether oxygens (including phenoxy) is 1. The van der Waals surface area contributed by atoms with Crippen LogP contribution in [0, 0.1) is 23.7 Å². The second-order valence-electron chi connectivity index (χ2n) is 8.47. The first-order chi connectivity index (χ1) is 14.2. The molecule has 0 saturated heterocycles. The summed E-state index contributed by atoms with van der Waals surface area (Å²) in [4.78, 5) is 12.5.